The third-order valence-corrected chi connectivity index (χ3v) is 5.25. The van der Waals surface area contributed by atoms with Crippen LogP contribution in [0.5, 0.6) is 0 Å². The van der Waals surface area contributed by atoms with Gasteiger partial charge in [0, 0.05) is 12.7 Å². The molecule has 0 spiro atoms. The fraction of sp³-hybridized carbons (Fsp3) is 0.150. The molecule has 6 heteroatoms. The second kappa shape index (κ2) is 6.72. The van der Waals surface area contributed by atoms with Crippen LogP contribution >= 0.6 is 11.3 Å². The molecular weight excluding hydrogens is 346 g/mol. The van der Waals surface area contributed by atoms with Gasteiger partial charge in [-0.05, 0) is 36.6 Å². The number of hydrogen-bond donors (Lipinski definition) is 1. The highest BCUT2D eigenvalue weighted by Crippen LogP contribution is 2.22. The van der Waals surface area contributed by atoms with Gasteiger partial charge in [-0.3, -0.25) is 14.0 Å². The SMILES string of the molecule is Cc1ccc2nc3sc(C(=O)NCCc4ccccc4)cc3c(=O)n2c1. The predicted octanol–water partition coefficient (Wildman–Crippen LogP) is 3.19. The van der Waals surface area contributed by atoms with Crippen LogP contribution in [0.3, 0.4) is 0 Å². The molecule has 0 saturated heterocycles. The average Bonchev–Trinajstić information content (AvgIpc) is 3.08. The van der Waals surface area contributed by atoms with Crippen molar-refractivity contribution in [1.82, 2.24) is 14.7 Å². The van der Waals surface area contributed by atoms with Crippen molar-refractivity contribution in [2.75, 3.05) is 6.54 Å². The maximum absolute atomic E-state index is 12.7. The summed E-state index contributed by atoms with van der Waals surface area (Å²) in [6.45, 7) is 2.47. The van der Waals surface area contributed by atoms with Crippen molar-refractivity contribution in [3.05, 3.63) is 81.1 Å². The first kappa shape index (κ1) is 16.5. The zero-order valence-corrected chi connectivity index (χ0v) is 15.0. The number of aryl methyl sites for hydroxylation is 1. The molecule has 0 atom stereocenters. The van der Waals surface area contributed by atoms with E-state index < -0.39 is 0 Å². The summed E-state index contributed by atoms with van der Waals surface area (Å²) >= 11 is 1.25. The average molecular weight is 363 g/mol. The summed E-state index contributed by atoms with van der Waals surface area (Å²) in [7, 11) is 0. The lowest BCUT2D eigenvalue weighted by Gasteiger charge is -2.03. The van der Waals surface area contributed by atoms with Gasteiger partial charge in [-0.1, -0.05) is 36.4 Å². The molecule has 0 aliphatic heterocycles. The molecule has 3 heterocycles. The van der Waals surface area contributed by atoms with E-state index in [4.69, 9.17) is 0 Å². The number of benzene rings is 1. The molecule has 0 radical (unpaired) electrons. The monoisotopic (exact) mass is 363 g/mol. The summed E-state index contributed by atoms with van der Waals surface area (Å²) in [5.41, 5.74) is 2.60. The Bertz CT molecular complexity index is 1160. The minimum atomic E-state index is -0.173. The number of fused-ring (bicyclic) bond motifs is 2. The number of rotatable bonds is 4. The van der Waals surface area contributed by atoms with Gasteiger partial charge in [-0.25, -0.2) is 4.98 Å². The number of thiophene rings is 1. The van der Waals surface area contributed by atoms with Gasteiger partial charge in [-0.2, -0.15) is 0 Å². The number of pyridine rings is 1. The van der Waals surface area contributed by atoms with Gasteiger partial charge in [-0.15, -0.1) is 11.3 Å². The van der Waals surface area contributed by atoms with Crippen LogP contribution in [0.25, 0.3) is 15.9 Å². The van der Waals surface area contributed by atoms with E-state index in [2.05, 4.69) is 10.3 Å². The highest BCUT2D eigenvalue weighted by atomic mass is 32.1. The molecule has 130 valence electrons. The van der Waals surface area contributed by atoms with Gasteiger partial charge in [0.05, 0.1) is 10.3 Å². The first-order chi connectivity index (χ1) is 12.6. The van der Waals surface area contributed by atoms with Gasteiger partial charge in [0.15, 0.2) is 0 Å². The van der Waals surface area contributed by atoms with Crippen molar-refractivity contribution < 1.29 is 4.79 Å². The van der Waals surface area contributed by atoms with Crippen molar-refractivity contribution in [3.63, 3.8) is 0 Å². The summed E-state index contributed by atoms with van der Waals surface area (Å²) < 4.78 is 1.53. The van der Waals surface area contributed by atoms with Crippen LogP contribution in [-0.2, 0) is 6.42 Å². The Balaban J connectivity index is 1.58. The lowest BCUT2D eigenvalue weighted by Crippen LogP contribution is -2.24. The van der Waals surface area contributed by atoms with E-state index >= 15 is 0 Å². The van der Waals surface area contributed by atoms with E-state index in [0.717, 1.165) is 12.0 Å². The van der Waals surface area contributed by atoms with Crippen LogP contribution in [0, 0.1) is 6.92 Å². The van der Waals surface area contributed by atoms with Crippen LogP contribution in [0.15, 0.2) is 59.5 Å². The molecule has 26 heavy (non-hydrogen) atoms. The fourth-order valence-corrected chi connectivity index (χ4v) is 3.81. The van der Waals surface area contributed by atoms with Gasteiger partial charge >= 0.3 is 0 Å². The molecule has 3 aromatic heterocycles. The van der Waals surface area contributed by atoms with E-state index in [1.807, 2.05) is 49.4 Å². The smallest absolute Gasteiger partial charge is 0.266 e. The first-order valence-electron chi connectivity index (χ1n) is 8.36. The Morgan fingerprint density at radius 1 is 1.19 bits per heavy atom. The quantitative estimate of drug-likeness (QED) is 0.606. The molecule has 4 rings (SSSR count). The maximum Gasteiger partial charge on any atom is 0.266 e. The van der Waals surface area contributed by atoms with Gasteiger partial charge in [0.2, 0.25) is 0 Å². The topological polar surface area (TPSA) is 63.5 Å². The molecule has 0 fully saturated rings. The number of aromatic nitrogens is 2. The molecule has 5 nitrogen and oxygen atoms in total. The molecule has 1 aromatic carbocycles. The number of carbonyl (C=O) groups excluding carboxylic acids is 1. The Labute approximate surface area is 153 Å². The van der Waals surface area contributed by atoms with Crippen LogP contribution in [0.2, 0.25) is 0 Å². The van der Waals surface area contributed by atoms with E-state index in [-0.39, 0.29) is 11.5 Å². The van der Waals surface area contributed by atoms with Crippen molar-refractivity contribution in [1.29, 1.82) is 0 Å². The molecular formula is C20H17N3O2S. The van der Waals surface area contributed by atoms with Crippen molar-refractivity contribution >= 4 is 33.1 Å². The number of nitrogens with zero attached hydrogens (tertiary/aromatic N) is 2. The summed E-state index contributed by atoms with van der Waals surface area (Å²) in [5, 5.41) is 3.39. The first-order valence-corrected chi connectivity index (χ1v) is 9.18. The second-order valence-corrected chi connectivity index (χ2v) is 7.20. The third-order valence-electron chi connectivity index (χ3n) is 4.22. The Morgan fingerprint density at radius 3 is 2.81 bits per heavy atom. The largest absolute Gasteiger partial charge is 0.351 e. The number of carbonyl (C=O) groups is 1. The number of amides is 1. The highest BCUT2D eigenvalue weighted by molar-refractivity contribution is 7.20. The zero-order chi connectivity index (χ0) is 18.1. The minimum absolute atomic E-state index is 0.145. The molecule has 0 saturated carbocycles. The Hall–Kier alpha value is -2.99. The van der Waals surface area contributed by atoms with Crippen molar-refractivity contribution in [2.45, 2.75) is 13.3 Å². The Kier molecular flexibility index (Phi) is 4.26. The molecule has 4 aromatic rings. The minimum Gasteiger partial charge on any atom is -0.351 e. The van der Waals surface area contributed by atoms with Gasteiger partial charge in [0.25, 0.3) is 11.5 Å². The van der Waals surface area contributed by atoms with Crippen LogP contribution < -0.4 is 10.9 Å². The molecule has 0 aliphatic rings. The summed E-state index contributed by atoms with van der Waals surface area (Å²) in [6, 6.07) is 15.4. The zero-order valence-electron chi connectivity index (χ0n) is 14.2. The number of hydrogen-bond acceptors (Lipinski definition) is 4. The molecule has 1 amide bonds. The second-order valence-electron chi connectivity index (χ2n) is 6.17. The normalized spacial score (nSPS) is 11.1. The lowest BCUT2D eigenvalue weighted by molar-refractivity contribution is 0.0958. The van der Waals surface area contributed by atoms with E-state index in [1.54, 1.807) is 12.3 Å². The van der Waals surface area contributed by atoms with E-state index in [1.165, 1.54) is 21.3 Å². The fourth-order valence-electron chi connectivity index (χ4n) is 2.87. The predicted molar refractivity (Wildman–Crippen MR) is 104 cm³/mol. The summed E-state index contributed by atoms with van der Waals surface area (Å²) in [4.78, 5) is 30.7. The van der Waals surface area contributed by atoms with Crippen LogP contribution in [0.4, 0.5) is 0 Å². The molecule has 0 unspecified atom stereocenters. The van der Waals surface area contributed by atoms with E-state index in [9.17, 15) is 9.59 Å². The summed E-state index contributed by atoms with van der Waals surface area (Å²) in [5.74, 6) is -0.173. The van der Waals surface area contributed by atoms with Gasteiger partial charge < -0.3 is 5.32 Å². The molecule has 0 aliphatic carbocycles. The molecule has 1 N–H and O–H groups in total. The highest BCUT2D eigenvalue weighted by Gasteiger charge is 2.14. The van der Waals surface area contributed by atoms with E-state index in [0.29, 0.717) is 27.3 Å². The summed E-state index contributed by atoms with van der Waals surface area (Å²) in [6.07, 6.45) is 2.53. The maximum atomic E-state index is 12.7. The standard InChI is InChI=1S/C20H17N3O2S/c1-13-7-8-17-22-19-15(20(25)23(17)12-13)11-16(26-19)18(24)21-10-9-14-5-3-2-4-6-14/h2-8,11-12H,9-10H2,1H3,(H,21,24). The van der Waals surface area contributed by atoms with Crippen LogP contribution in [-0.4, -0.2) is 21.8 Å². The number of nitrogens with one attached hydrogen (secondary N) is 1. The lowest BCUT2D eigenvalue weighted by atomic mass is 10.1. The van der Waals surface area contributed by atoms with Gasteiger partial charge in [0.1, 0.15) is 10.5 Å². The van der Waals surface area contributed by atoms with Crippen LogP contribution in [0.1, 0.15) is 20.8 Å². The van der Waals surface area contributed by atoms with Crippen molar-refractivity contribution in [3.8, 4) is 0 Å². The van der Waals surface area contributed by atoms with Crippen molar-refractivity contribution in [2.24, 2.45) is 0 Å². The third kappa shape index (κ3) is 3.11. The Morgan fingerprint density at radius 2 is 2.00 bits per heavy atom. The molecule has 0 bridgehead atoms.